The second-order valence-corrected chi connectivity index (χ2v) is 7.29. The summed E-state index contributed by atoms with van der Waals surface area (Å²) in [5, 5.41) is 8.89. The minimum absolute atomic E-state index is 0.0236. The van der Waals surface area contributed by atoms with E-state index in [4.69, 9.17) is 10.00 Å². The van der Waals surface area contributed by atoms with Gasteiger partial charge in [0.2, 0.25) is 5.91 Å². The van der Waals surface area contributed by atoms with E-state index in [1.54, 1.807) is 24.3 Å². The molecule has 146 valence electrons. The highest BCUT2D eigenvalue weighted by Gasteiger charge is 2.28. The molecule has 1 saturated heterocycles. The number of benzene rings is 1. The van der Waals surface area contributed by atoms with Crippen LogP contribution in [0.25, 0.3) is 0 Å². The lowest BCUT2D eigenvalue weighted by atomic mass is 9.95. The van der Waals surface area contributed by atoms with E-state index in [0.29, 0.717) is 12.1 Å². The Balaban J connectivity index is 1.58. The number of hydrogen-bond donors (Lipinski definition) is 0. The molecule has 28 heavy (non-hydrogen) atoms. The van der Waals surface area contributed by atoms with E-state index in [-0.39, 0.29) is 11.8 Å². The van der Waals surface area contributed by atoms with Crippen molar-refractivity contribution in [1.82, 2.24) is 9.88 Å². The molecule has 0 aliphatic carbocycles. The number of pyridine rings is 1. The van der Waals surface area contributed by atoms with E-state index < -0.39 is 0 Å². The first kappa shape index (κ1) is 19.7. The number of carbonyl (C=O) groups is 1. The average molecular weight is 378 g/mol. The standard InChI is InChI=1S/C22H26N4O2/c1-16-4-6-20(28-3)19(12-16)15-25(2)22(27)18-8-10-26(11-9-18)21-7-5-17(13-23)14-24-21/h4-7,12,14,18H,8-11,15H2,1-3H3. The maximum absolute atomic E-state index is 12.9. The molecule has 0 unspecified atom stereocenters. The molecule has 0 bridgehead atoms. The Morgan fingerprint density at radius 3 is 2.68 bits per heavy atom. The molecule has 0 spiro atoms. The third-order valence-electron chi connectivity index (χ3n) is 5.26. The number of piperidine rings is 1. The lowest BCUT2D eigenvalue weighted by Gasteiger charge is -2.34. The van der Waals surface area contributed by atoms with Crippen molar-refractivity contribution in [3.05, 3.63) is 53.2 Å². The Kier molecular flexibility index (Phi) is 6.15. The maximum Gasteiger partial charge on any atom is 0.225 e. The summed E-state index contributed by atoms with van der Waals surface area (Å²) >= 11 is 0. The highest BCUT2D eigenvalue weighted by atomic mass is 16.5. The molecule has 1 amide bonds. The fraction of sp³-hybridized carbons (Fsp3) is 0.409. The van der Waals surface area contributed by atoms with E-state index in [1.807, 2.05) is 32.2 Å². The van der Waals surface area contributed by atoms with E-state index in [2.05, 4.69) is 22.0 Å². The molecule has 0 radical (unpaired) electrons. The van der Waals surface area contributed by atoms with Crippen LogP contribution in [-0.4, -0.2) is 43.0 Å². The summed E-state index contributed by atoms with van der Waals surface area (Å²) in [5.41, 5.74) is 2.74. The van der Waals surface area contributed by atoms with Gasteiger partial charge in [-0.2, -0.15) is 5.26 Å². The molecular weight excluding hydrogens is 352 g/mol. The van der Waals surface area contributed by atoms with Crippen LogP contribution >= 0.6 is 0 Å². The van der Waals surface area contributed by atoms with Gasteiger partial charge in [0.25, 0.3) is 0 Å². The smallest absolute Gasteiger partial charge is 0.225 e. The summed E-state index contributed by atoms with van der Waals surface area (Å²) in [4.78, 5) is 21.3. The lowest BCUT2D eigenvalue weighted by Crippen LogP contribution is -2.41. The van der Waals surface area contributed by atoms with Crippen molar-refractivity contribution in [3.63, 3.8) is 0 Å². The molecular formula is C22H26N4O2. The van der Waals surface area contributed by atoms with Crippen LogP contribution in [0.15, 0.2) is 36.5 Å². The zero-order chi connectivity index (χ0) is 20.1. The largest absolute Gasteiger partial charge is 0.496 e. The van der Waals surface area contributed by atoms with Crippen molar-refractivity contribution < 1.29 is 9.53 Å². The SMILES string of the molecule is COc1ccc(C)cc1CN(C)C(=O)C1CCN(c2ccc(C#N)cn2)CC1. The average Bonchev–Trinajstić information content (AvgIpc) is 2.73. The van der Waals surface area contributed by atoms with Crippen LogP contribution in [0, 0.1) is 24.2 Å². The molecule has 0 atom stereocenters. The molecule has 6 nitrogen and oxygen atoms in total. The van der Waals surface area contributed by atoms with Crippen molar-refractivity contribution in [2.24, 2.45) is 5.92 Å². The van der Waals surface area contributed by atoms with Gasteiger partial charge in [-0.25, -0.2) is 4.98 Å². The normalized spacial score (nSPS) is 14.4. The van der Waals surface area contributed by atoms with Crippen molar-refractivity contribution in [1.29, 1.82) is 5.26 Å². The predicted octanol–water partition coefficient (Wildman–Crippen LogP) is 3.15. The molecule has 2 heterocycles. The second kappa shape index (κ2) is 8.75. The molecule has 3 rings (SSSR count). The third-order valence-corrected chi connectivity index (χ3v) is 5.26. The van der Waals surface area contributed by atoms with Crippen LogP contribution in [0.1, 0.15) is 29.5 Å². The van der Waals surface area contributed by atoms with E-state index in [0.717, 1.165) is 48.6 Å². The monoisotopic (exact) mass is 378 g/mol. The summed E-state index contributed by atoms with van der Waals surface area (Å²) in [6, 6.07) is 11.8. The van der Waals surface area contributed by atoms with E-state index >= 15 is 0 Å². The molecule has 6 heteroatoms. The summed E-state index contributed by atoms with van der Waals surface area (Å²) in [6.07, 6.45) is 3.20. The molecule has 1 aromatic heterocycles. The van der Waals surface area contributed by atoms with E-state index in [9.17, 15) is 4.79 Å². The Hall–Kier alpha value is -3.07. The molecule has 0 saturated carbocycles. The van der Waals surface area contributed by atoms with Crippen LogP contribution in [0.5, 0.6) is 5.75 Å². The molecule has 1 aliphatic rings. The fourth-order valence-electron chi connectivity index (χ4n) is 3.67. The maximum atomic E-state index is 12.9. The number of anilines is 1. The number of carbonyl (C=O) groups excluding carboxylic acids is 1. The molecule has 0 N–H and O–H groups in total. The van der Waals surface area contributed by atoms with Crippen molar-refractivity contribution in [2.45, 2.75) is 26.3 Å². The van der Waals surface area contributed by atoms with Gasteiger partial charge < -0.3 is 14.5 Å². The van der Waals surface area contributed by atoms with Crippen LogP contribution < -0.4 is 9.64 Å². The van der Waals surface area contributed by atoms with Crippen molar-refractivity contribution >= 4 is 11.7 Å². The first-order valence-electron chi connectivity index (χ1n) is 9.51. The zero-order valence-corrected chi connectivity index (χ0v) is 16.7. The molecule has 1 fully saturated rings. The third kappa shape index (κ3) is 4.42. The van der Waals surface area contributed by atoms with Gasteiger partial charge >= 0.3 is 0 Å². The van der Waals surface area contributed by atoms with Gasteiger partial charge in [0, 0.05) is 44.4 Å². The van der Waals surface area contributed by atoms with Gasteiger partial charge in [-0.05, 0) is 38.0 Å². The van der Waals surface area contributed by atoms with Crippen LogP contribution in [0.4, 0.5) is 5.82 Å². The van der Waals surface area contributed by atoms with Crippen LogP contribution in [-0.2, 0) is 11.3 Å². The zero-order valence-electron chi connectivity index (χ0n) is 16.7. The van der Waals surface area contributed by atoms with Gasteiger partial charge in [0.05, 0.1) is 12.7 Å². The number of amides is 1. The van der Waals surface area contributed by atoms with E-state index in [1.165, 1.54) is 0 Å². The lowest BCUT2D eigenvalue weighted by molar-refractivity contribution is -0.135. The number of aromatic nitrogens is 1. The Morgan fingerprint density at radius 2 is 2.07 bits per heavy atom. The van der Waals surface area contributed by atoms with Crippen LogP contribution in [0.3, 0.4) is 0 Å². The highest BCUT2D eigenvalue weighted by Crippen LogP contribution is 2.25. The predicted molar refractivity (Wildman–Crippen MR) is 108 cm³/mol. The quantitative estimate of drug-likeness (QED) is 0.799. The molecule has 2 aromatic rings. The van der Waals surface area contributed by atoms with Crippen molar-refractivity contribution in [2.75, 3.05) is 32.1 Å². The molecule has 1 aliphatic heterocycles. The van der Waals surface area contributed by atoms with Gasteiger partial charge in [0.15, 0.2) is 0 Å². The van der Waals surface area contributed by atoms with Gasteiger partial charge in [-0.3, -0.25) is 4.79 Å². The van der Waals surface area contributed by atoms with Gasteiger partial charge in [-0.1, -0.05) is 17.7 Å². The Labute approximate surface area is 166 Å². The minimum Gasteiger partial charge on any atom is -0.496 e. The Morgan fingerprint density at radius 1 is 1.32 bits per heavy atom. The number of ether oxygens (including phenoxy) is 1. The minimum atomic E-state index is 0.0236. The number of aryl methyl sites for hydroxylation is 1. The van der Waals surface area contributed by atoms with Gasteiger partial charge in [0.1, 0.15) is 17.6 Å². The van der Waals surface area contributed by atoms with Crippen molar-refractivity contribution in [3.8, 4) is 11.8 Å². The number of nitrogens with zero attached hydrogens (tertiary/aromatic N) is 4. The number of rotatable bonds is 5. The second-order valence-electron chi connectivity index (χ2n) is 7.29. The summed E-state index contributed by atoms with van der Waals surface area (Å²) in [7, 11) is 3.52. The summed E-state index contributed by atoms with van der Waals surface area (Å²) < 4.78 is 5.43. The van der Waals surface area contributed by atoms with Gasteiger partial charge in [-0.15, -0.1) is 0 Å². The number of hydrogen-bond acceptors (Lipinski definition) is 5. The Bertz CT molecular complexity index is 865. The number of nitriles is 1. The number of methoxy groups -OCH3 is 1. The highest BCUT2D eigenvalue weighted by molar-refractivity contribution is 5.79. The summed E-state index contributed by atoms with van der Waals surface area (Å²) in [5.74, 6) is 1.88. The first-order chi connectivity index (χ1) is 13.5. The fourth-order valence-corrected chi connectivity index (χ4v) is 3.67. The first-order valence-corrected chi connectivity index (χ1v) is 9.51. The summed E-state index contributed by atoms with van der Waals surface area (Å²) in [6.45, 7) is 4.16. The van der Waals surface area contributed by atoms with Crippen LogP contribution in [0.2, 0.25) is 0 Å². The topological polar surface area (TPSA) is 69.5 Å². The molecule has 1 aromatic carbocycles.